The number of anilines is 3. The van der Waals surface area contributed by atoms with E-state index in [2.05, 4.69) is 26.7 Å². The predicted molar refractivity (Wildman–Crippen MR) is 113 cm³/mol. The number of nitrogens with one attached hydrogen (secondary N) is 2. The van der Waals surface area contributed by atoms with Crippen LogP contribution in [0.25, 0.3) is 0 Å². The highest BCUT2D eigenvalue weighted by molar-refractivity contribution is 5.59. The molecule has 7 nitrogen and oxygen atoms in total. The van der Waals surface area contributed by atoms with Gasteiger partial charge in [0.25, 0.3) is 0 Å². The van der Waals surface area contributed by atoms with Crippen LogP contribution in [0.15, 0.2) is 48.5 Å². The fourth-order valence-electron chi connectivity index (χ4n) is 2.88. The molecule has 0 atom stereocenters. The van der Waals surface area contributed by atoms with Crippen LogP contribution in [-0.4, -0.2) is 30.7 Å². The third-order valence-electron chi connectivity index (χ3n) is 4.26. The monoisotopic (exact) mass is 389 g/mol. The van der Waals surface area contributed by atoms with Crippen LogP contribution in [0.1, 0.15) is 16.8 Å². The molecule has 0 aliphatic heterocycles. The zero-order valence-electron chi connectivity index (χ0n) is 16.7. The first-order valence-corrected chi connectivity index (χ1v) is 9.19. The maximum atomic E-state index is 9.04. The standard InChI is InChI=1S/C22H23N5O2/c1-15-11-21(26-18-6-4-5-17(12-18)14-23)27-22(25-15)24-10-9-16-7-8-19(28-2)20(13-16)29-3/h4-8,11-13H,9-10H2,1-3H3,(H2,24,25,26,27). The largest absolute Gasteiger partial charge is 0.493 e. The predicted octanol–water partition coefficient (Wildman–Crippen LogP) is 4.07. The summed E-state index contributed by atoms with van der Waals surface area (Å²) in [5, 5.41) is 15.5. The van der Waals surface area contributed by atoms with Gasteiger partial charge in [0.2, 0.25) is 5.95 Å². The molecule has 3 aromatic rings. The van der Waals surface area contributed by atoms with E-state index in [-0.39, 0.29) is 0 Å². The number of nitrogens with zero attached hydrogens (tertiary/aromatic N) is 3. The van der Waals surface area contributed by atoms with Crippen LogP contribution in [-0.2, 0) is 6.42 Å². The number of nitriles is 1. The summed E-state index contributed by atoms with van der Waals surface area (Å²) in [5.41, 5.74) is 3.36. The zero-order chi connectivity index (χ0) is 20.6. The van der Waals surface area contributed by atoms with Gasteiger partial charge in [-0.25, -0.2) is 4.98 Å². The molecular weight excluding hydrogens is 366 g/mol. The Hall–Kier alpha value is -3.79. The third kappa shape index (κ3) is 5.36. The molecule has 0 aliphatic carbocycles. The van der Waals surface area contributed by atoms with Gasteiger partial charge in [0.15, 0.2) is 11.5 Å². The molecule has 3 rings (SSSR count). The Kier molecular flexibility index (Phi) is 6.48. The van der Waals surface area contributed by atoms with Crippen molar-refractivity contribution in [2.75, 3.05) is 31.4 Å². The molecule has 2 aromatic carbocycles. The van der Waals surface area contributed by atoms with Crippen LogP contribution < -0.4 is 20.1 Å². The highest BCUT2D eigenvalue weighted by Gasteiger charge is 2.06. The Morgan fingerprint density at radius 2 is 1.83 bits per heavy atom. The molecule has 0 spiro atoms. The molecule has 0 unspecified atom stereocenters. The van der Waals surface area contributed by atoms with E-state index in [1.807, 2.05) is 43.3 Å². The molecule has 1 aromatic heterocycles. The summed E-state index contributed by atoms with van der Waals surface area (Å²) in [6.07, 6.45) is 0.782. The average Bonchev–Trinajstić information content (AvgIpc) is 2.73. The Morgan fingerprint density at radius 1 is 1.00 bits per heavy atom. The van der Waals surface area contributed by atoms with Crippen LogP contribution in [0.3, 0.4) is 0 Å². The minimum atomic E-state index is 0.546. The summed E-state index contributed by atoms with van der Waals surface area (Å²) in [5.74, 6) is 2.64. The fraction of sp³-hybridized carbons (Fsp3) is 0.227. The zero-order valence-corrected chi connectivity index (χ0v) is 16.7. The minimum absolute atomic E-state index is 0.546. The first kappa shape index (κ1) is 20.0. The molecule has 0 fully saturated rings. The van der Waals surface area contributed by atoms with Crippen LogP contribution in [0.5, 0.6) is 11.5 Å². The van der Waals surface area contributed by atoms with Gasteiger partial charge in [-0.15, -0.1) is 0 Å². The molecule has 0 amide bonds. The van der Waals surface area contributed by atoms with E-state index >= 15 is 0 Å². The Labute approximate surface area is 170 Å². The molecule has 2 N–H and O–H groups in total. The Morgan fingerprint density at radius 3 is 2.59 bits per heavy atom. The van der Waals surface area contributed by atoms with E-state index in [4.69, 9.17) is 14.7 Å². The van der Waals surface area contributed by atoms with Crippen molar-refractivity contribution in [1.82, 2.24) is 9.97 Å². The van der Waals surface area contributed by atoms with Crippen molar-refractivity contribution in [1.29, 1.82) is 5.26 Å². The molecule has 0 saturated carbocycles. The van der Waals surface area contributed by atoms with E-state index in [0.29, 0.717) is 35.4 Å². The van der Waals surface area contributed by atoms with E-state index in [1.165, 1.54) is 0 Å². The van der Waals surface area contributed by atoms with Crippen molar-refractivity contribution in [3.8, 4) is 17.6 Å². The molecule has 29 heavy (non-hydrogen) atoms. The minimum Gasteiger partial charge on any atom is -0.493 e. The van der Waals surface area contributed by atoms with Gasteiger partial charge in [0.05, 0.1) is 25.9 Å². The van der Waals surface area contributed by atoms with E-state index in [0.717, 1.165) is 23.4 Å². The molecule has 0 radical (unpaired) electrons. The number of hydrogen-bond donors (Lipinski definition) is 2. The molecule has 0 bridgehead atoms. The lowest BCUT2D eigenvalue weighted by atomic mass is 10.1. The first-order valence-electron chi connectivity index (χ1n) is 9.19. The third-order valence-corrected chi connectivity index (χ3v) is 4.26. The van der Waals surface area contributed by atoms with Crippen molar-refractivity contribution < 1.29 is 9.47 Å². The maximum Gasteiger partial charge on any atom is 0.224 e. The lowest BCUT2D eigenvalue weighted by molar-refractivity contribution is 0.354. The van der Waals surface area contributed by atoms with Gasteiger partial charge in [0.1, 0.15) is 5.82 Å². The molecule has 148 valence electrons. The number of ether oxygens (including phenoxy) is 2. The smallest absolute Gasteiger partial charge is 0.224 e. The molecular formula is C22H23N5O2. The highest BCUT2D eigenvalue weighted by atomic mass is 16.5. The summed E-state index contributed by atoms with van der Waals surface area (Å²) in [4.78, 5) is 8.96. The number of rotatable bonds is 8. The molecule has 0 aliphatic rings. The highest BCUT2D eigenvalue weighted by Crippen LogP contribution is 2.27. The quantitative estimate of drug-likeness (QED) is 0.600. The van der Waals surface area contributed by atoms with Crippen molar-refractivity contribution in [3.05, 3.63) is 65.4 Å². The van der Waals surface area contributed by atoms with Crippen LogP contribution in [0, 0.1) is 18.3 Å². The summed E-state index contributed by atoms with van der Waals surface area (Å²) >= 11 is 0. The van der Waals surface area contributed by atoms with Crippen molar-refractivity contribution in [2.24, 2.45) is 0 Å². The number of hydrogen-bond acceptors (Lipinski definition) is 7. The van der Waals surface area contributed by atoms with Crippen LogP contribution >= 0.6 is 0 Å². The first-order chi connectivity index (χ1) is 14.1. The fourth-order valence-corrected chi connectivity index (χ4v) is 2.88. The second kappa shape index (κ2) is 9.42. The topological polar surface area (TPSA) is 92.1 Å². The van der Waals surface area contributed by atoms with E-state index < -0.39 is 0 Å². The molecule has 7 heteroatoms. The van der Waals surface area contributed by atoms with E-state index in [1.54, 1.807) is 26.4 Å². The van der Waals surface area contributed by atoms with Gasteiger partial charge >= 0.3 is 0 Å². The average molecular weight is 389 g/mol. The van der Waals surface area contributed by atoms with Crippen LogP contribution in [0.2, 0.25) is 0 Å². The number of aryl methyl sites for hydroxylation is 1. The van der Waals surface area contributed by atoms with Gasteiger partial charge in [-0.05, 0) is 49.2 Å². The summed E-state index contributed by atoms with van der Waals surface area (Å²) in [6, 6.07) is 17.1. The van der Waals surface area contributed by atoms with Gasteiger partial charge < -0.3 is 20.1 Å². The van der Waals surface area contributed by atoms with Crippen molar-refractivity contribution in [3.63, 3.8) is 0 Å². The lowest BCUT2D eigenvalue weighted by Crippen LogP contribution is -2.10. The second-order valence-electron chi connectivity index (χ2n) is 6.40. The van der Waals surface area contributed by atoms with E-state index in [9.17, 15) is 0 Å². The van der Waals surface area contributed by atoms with Gasteiger partial charge in [0, 0.05) is 24.0 Å². The Bertz CT molecular complexity index is 1030. The summed E-state index contributed by atoms with van der Waals surface area (Å²) in [7, 11) is 3.25. The normalized spacial score (nSPS) is 10.1. The second-order valence-corrected chi connectivity index (χ2v) is 6.40. The molecule has 0 saturated heterocycles. The lowest BCUT2D eigenvalue weighted by Gasteiger charge is -2.11. The van der Waals surface area contributed by atoms with Gasteiger partial charge in [-0.1, -0.05) is 12.1 Å². The SMILES string of the molecule is COc1ccc(CCNc2nc(C)cc(Nc3cccc(C#N)c3)n2)cc1OC. The number of aromatic nitrogens is 2. The number of methoxy groups -OCH3 is 2. The van der Waals surface area contributed by atoms with Crippen molar-refractivity contribution >= 4 is 17.5 Å². The summed E-state index contributed by atoms with van der Waals surface area (Å²) in [6.45, 7) is 2.58. The van der Waals surface area contributed by atoms with Gasteiger partial charge in [-0.3, -0.25) is 0 Å². The maximum absolute atomic E-state index is 9.04. The van der Waals surface area contributed by atoms with Gasteiger partial charge in [-0.2, -0.15) is 10.2 Å². The summed E-state index contributed by atoms with van der Waals surface area (Å²) < 4.78 is 10.6. The van der Waals surface area contributed by atoms with Crippen molar-refractivity contribution in [2.45, 2.75) is 13.3 Å². The van der Waals surface area contributed by atoms with Crippen LogP contribution in [0.4, 0.5) is 17.5 Å². The Balaban J connectivity index is 1.65. The number of benzene rings is 2. The molecule has 1 heterocycles.